The largest absolute Gasteiger partial charge is 0.443 e. The number of rotatable bonds is 60. The van der Waals surface area contributed by atoms with Crippen LogP contribution in [0.25, 0.3) is 0 Å². The SMILES string of the molecule is CCCCCCCCCCC(=O)O[C@@]1(C(=O)CCCCCCCCCC)[C@@](OC(=O)CCCCCCCCCC)(C(=O)CCCCCCCCCC)[C@@H](O)[C@H](O)[C@@H](O)[C@@]1(OC(=O)CCCCCCCCCC)C(=O)CCCCCCCCCC. The first-order chi connectivity index (χ1) is 40.8. The van der Waals surface area contributed by atoms with Crippen LogP contribution in [0, 0.1) is 0 Å². The third-order valence-electron chi connectivity index (χ3n) is 18.0. The molecule has 1 fully saturated rings. The van der Waals surface area contributed by atoms with Gasteiger partial charge in [0.1, 0.15) is 18.3 Å². The van der Waals surface area contributed by atoms with Crippen molar-refractivity contribution in [2.24, 2.45) is 0 Å². The predicted molar refractivity (Wildman–Crippen MR) is 343 cm³/mol. The van der Waals surface area contributed by atoms with Gasteiger partial charge in [-0.15, -0.1) is 0 Å². The molecular weight excluding hydrogens is 1060 g/mol. The number of hydrogen-bond acceptors (Lipinski definition) is 12. The van der Waals surface area contributed by atoms with Gasteiger partial charge in [0, 0.05) is 38.5 Å². The van der Waals surface area contributed by atoms with Gasteiger partial charge in [0.15, 0.2) is 17.3 Å². The molecule has 1 saturated carbocycles. The highest BCUT2D eigenvalue weighted by Gasteiger charge is 2.87. The minimum atomic E-state index is -3.42. The summed E-state index contributed by atoms with van der Waals surface area (Å²) in [7, 11) is 0. The minimum absolute atomic E-state index is 0.196. The van der Waals surface area contributed by atoms with E-state index in [9.17, 15) is 24.9 Å². The van der Waals surface area contributed by atoms with Crippen LogP contribution in [0.4, 0.5) is 0 Å². The van der Waals surface area contributed by atoms with E-state index in [2.05, 4.69) is 41.5 Å². The van der Waals surface area contributed by atoms with E-state index in [4.69, 9.17) is 14.2 Å². The third-order valence-corrected chi connectivity index (χ3v) is 18.0. The molecule has 0 spiro atoms. The van der Waals surface area contributed by atoms with Crippen molar-refractivity contribution < 1.29 is 58.3 Å². The first-order valence-corrected chi connectivity index (χ1v) is 36.1. The lowest BCUT2D eigenvalue weighted by molar-refractivity contribution is -0.324. The summed E-state index contributed by atoms with van der Waals surface area (Å²) >= 11 is 0. The Balaban J connectivity index is 4.43. The van der Waals surface area contributed by atoms with E-state index in [1.54, 1.807) is 0 Å². The first kappa shape index (κ1) is 79.3. The van der Waals surface area contributed by atoms with Gasteiger partial charge < -0.3 is 29.5 Å². The summed E-state index contributed by atoms with van der Waals surface area (Å²) in [6, 6.07) is 0. The van der Waals surface area contributed by atoms with E-state index in [-0.39, 0.29) is 38.5 Å². The molecule has 1 aliphatic carbocycles. The predicted octanol–water partition coefficient (Wildman–Crippen LogP) is 18.8. The smallest absolute Gasteiger partial charge is 0.307 e. The van der Waals surface area contributed by atoms with Crippen molar-refractivity contribution >= 4 is 35.3 Å². The van der Waals surface area contributed by atoms with Crippen molar-refractivity contribution in [2.75, 3.05) is 0 Å². The zero-order valence-corrected chi connectivity index (χ0v) is 55.4. The quantitative estimate of drug-likeness (QED) is 0.0297. The van der Waals surface area contributed by atoms with Gasteiger partial charge in [-0.2, -0.15) is 0 Å². The van der Waals surface area contributed by atoms with Crippen molar-refractivity contribution in [3.05, 3.63) is 0 Å². The van der Waals surface area contributed by atoms with Gasteiger partial charge in [-0.3, -0.25) is 28.8 Å². The molecule has 0 aromatic rings. The Bertz CT molecular complexity index is 1600. The van der Waals surface area contributed by atoms with Crippen molar-refractivity contribution in [1.29, 1.82) is 0 Å². The molecule has 6 atom stereocenters. The number of carbonyl (C=O) groups is 6. The van der Waals surface area contributed by atoms with Crippen molar-refractivity contribution in [3.8, 4) is 0 Å². The van der Waals surface area contributed by atoms with E-state index in [1.807, 2.05) is 0 Å². The third kappa shape index (κ3) is 29.5. The summed E-state index contributed by atoms with van der Waals surface area (Å²) in [5.41, 5.74) is -10.0. The molecule has 1 aliphatic rings. The molecule has 0 aromatic heterocycles. The second kappa shape index (κ2) is 51.2. The van der Waals surface area contributed by atoms with E-state index >= 15 is 19.2 Å². The summed E-state index contributed by atoms with van der Waals surface area (Å²) in [6.07, 6.45) is 32.3. The Labute approximate surface area is 514 Å². The van der Waals surface area contributed by atoms with Crippen LogP contribution in [0.2, 0.25) is 0 Å². The number of ether oxygens (including phenoxy) is 3. The monoisotopic (exact) mass is 1190 g/mol. The molecule has 0 bridgehead atoms. The van der Waals surface area contributed by atoms with Crippen LogP contribution < -0.4 is 0 Å². The zero-order chi connectivity index (χ0) is 62.0. The summed E-state index contributed by atoms with van der Waals surface area (Å²) < 4.78 is 19.8. The van der Waals surface area contributed by atoms with Gasteiger partial charge in [0.25, 0.3) is 5.60 Å². The molecule has 0 aromatic carbocycles. The van der Waals surface area contributed by atoms with Gasteiger partial charge in [-0.05, 0) is 38.5 Å². The molecule has 12 nitrogen and oxygen atoms in total. The zero-order valence-electron chi connectivity index (χ0n) is 55.4. The Hall–Kier alpha value is -2.70. The Morgan fingerprint density at radius 3 is 0.655 bits per heavy atom. The highest BCUT2D eigenvalue weighted by molar-refractivity contribution is 6.10. The van der Waals surface area contributed by atoms with Crippen LogP contribution in [-0.2, 0) is 43.0 Å². The molecule has 0 saturated heterocycles. The molecule has 12 heteroatoms. The van der Waals surface area contributed by atoms with Crippen LogP contribution in [-0.4, -0.2) is 85.7 Å². The molecule has 3 N–H and O–H groups in total. The second-order valence-corrected chi connectivity index (χ2v) is 25.6. The maximum atomic E-state index is 16.5. The van der Waals surface area contributed by atoms with Crippen molar-refractivity contribution in [3.63, 3.8) is 0 Å². The number of carbonyl (C=O) groups excluding carboxylic acids is 6. The lowest BCUT2D eigenvalue weighted by atomic mass is 9.53. The summed E-state index contributed by atoms with van der Waals surface area (Å²) in [5, 5.41) is 38.6. The fourth-order valence-electron chi connectivity index (χ4n) is 12.8. The van der Waals surface area contributed by atoms with Crippen LogP contribution in [0.15, 0.2) is 0 Å². The molecule has 1 rings (SSSR count). The average Bonchev–Trinajstić information content (AvgIpc) is 0.784. The average molecular weight is 1190 g/mol. The summed E-state index contributed by atoms with van der Waals surface area (Å²) in [5.74, 6) is -6.12. The fourth-order valence-corrected chi connectivity index (χ4v) is 12.8. The normalized spacial score (nSPS) is 20.5. The number of Topliss-reactive ketones (excluding diaryl/α,β-unsaturated/α-hetero) is 3. The topological polar surface area (TPSA) is 191 Å². The lowest BCUT2D eigenvalue weighted by Crippen LogP contribution is -2.91. The van der Waals surface area contributed by atoms with Crippen molar-refractivity contribution in [2.45, 2.75) is 423 Å². The number of aliphatic hydroxyl groups excluding tert-OH is 3. The fraction of sp³-hybridized carbons (Fsp3) is 0.917. The van der Waals surface area contributed by atoms with E-state index in [0.29, 0.717) is 57.8 Å². The Morgan fingerprint density at radius 2 is 0.429 bits per heavy atom. The van der Waals surface area contributed by atoms with Crippen molar-refractivity contribution in [1.82, 2.24) is 0 Å². The van der Waals surface area contributed by atoms with E-state index < -0.39 is 89.6 Å². The minimum Gasteiger partial charge on any atom is -0.443 e. The number of hydrogen-bond donors (Lipinski definition) is 3. The molecule has 0 aliphatic heterocycles. The number of esters is 3. The summed E-state index contributed by atoms with van der Waals surface area (Å²) in [6.45, 7) is 13.0. The van der Waals surface area contributed by atoms with Crippen LogP contribution in [0.3, 0.4) is 0 Å². The maximum absolute atomic E-state index is 16.5. The van der Waals surface area contributed by atoms with Crippen LogP contribution in [0.1, 0.15) is 388 Å². The number of aliphatic hydroxyl groups is 3. The second-order valence-electron chi connectivity index (χ2n) is 25.6. The number of ketones is 3. The number of unbranched alkanes of at least 4 members (excludes halogenated alkanes) is 42. The Morgan fingerprint density at radius 1 is 0.250 bits per heavy atom. The molecule has 492 valence electrons. The lowest BCUT2D eigenvalue weighted by Gasteiger charge is -2.61. The van der Waals surface area contributed by atoms with Crippen LogP contribution >= 0.6 is 0 Å². The summed E-state index contributed by atoms with van der Waals surface area (Å²) in [4.78, 5) is 93.7. The molecule has 84 heavy (non-hydrogen) atoms. The van der Waals surface area contributed by atoms with Crippen LogP contribution in [0.5, 0.6) is 0 Å². The molecule has 0 radical (unpaired) electrons. The van der Waals surface area contributed by atoms with E-state index in [0.717, 1.165) is 231 Å². The van der Waals surface area contributed by atoms with Gasteiger partial charge in [0.05, 0.1) is 0 Å². The van der Waals surface area contributed by atoms with Gasteiger partial charge in [-0.1, -0.05) is 311 Å². The maximum Gasteiger partial charge on any atom is 0.307 e. The molecule has 0 amide bonds. The highest BCUT2D eigenvalue weighted by Crippen LogP contribution is 2.55. The standard InChI is InChI=1S/C72H132O12/c1-7-13-19-25-31-37-43-49-55-61(73)70(82-64(76)58-52-46-40-34-28-22-16-10-4)68(80)67(79)69(81)71(62(74)56-50-44-38-32-26-20-14-8-2,83-65(77)59-53-47-41-35-29-23-17-11-5)72(70,63(75)57-51-45-39-33-27-21-15-9-3)84-66(78)60-54-48-42-36-30-24-18-12-6/h67-69,79-81H,7-60H2,1-6H3/t67-,68-,69+,70+,71-,72-. The van der Waals surface area contributed by atoms with Gasteiger partial charge in [-0.25, -0.2) is 0 Å². The van der Waals surface area contributed by atoms with Gasteiger partial charge in [0.2, 0.25) is 11.2 Å². The molecular formula is C72H132O12. The molecule has 0 heterocycles. The van der Waals surface area contributed by atoms with Gasteiger partial charge >= 0.3 is 17.9 Å². The van der Waals surface area contributed by atoms with E-state index in [1.165, 1.54) is 0 Å². The molecule has 0 unspecified atom stereocenters. The Kier molecular flexibility index (Phi) is 48.4. The first-order valence-electron chi connectivity index (χ1n) is 36.1. The highest BCUT2D eigenvalue weighted by atomic mass is 16.7.